The van der Waals surface area contributed by atoms with Crippen LogP contribution in [0.15, 0.2) is 4.34 Å². The van der Waals surface area contributed by atoms with E-state index in [4.69, 9.17) is 0 Å². The van der Waals surface area contributed by atoms with Gasteiger partial charge in [-0.2, -0.15) is 0 Å². The Hall–Kier alpha value is -0.140. The molecule has 0 aromatic carbocycles. The number of rotatable bonds is 7. The van der Waals surface area contributed by atoms with Crippen LogP contribution in [0.4, 0.5) is 5.13 Å². The van der Waals surface area contributed by atoms with Crippen molar-refractivity contribution in [3.8, 4) is 0 Å². The van der Waals surface area contributed by atoms with E-state index in [9.17, 15) is 4.79 Å². The Morgan fingerprint density at radius 1 is 1.42 bits per heavy atom. The van der Waals surface area contributed by atoms with Gasteiger partial charge in [0.15, 0.2) is 4.34 Å². The van der Waals surface area contributed by atoms with Gasteiger partial charge in [-0.05, 0) is 12.3 Å². The van der Waals surface area contributed by atoms with E-state index in [0.717, 1.165) is 27.8 Å². The zero-order valence-electron chi connectivity index (χ0n) is 10.7. The van der Waals surface area contributed by atoms with Gasteiger partial charge >= 0.3 is 0 Å². The summed E-state index contributed by atoms with van der Waals surface area (Å²) in [7, 11) is 0. The number of nitrogens with one attached hydrogen (secondary N) is 1. The van der Waals surface area contributed by atoms with Crippen LogP contribution in [0.25, 0.3) is 0 Å². The maximum Gasteiger partial charge on any atom is 0.226 e. The first-order valence-corrected chi connectivity index (χ1v) is 9.52. The van der Waals surface area contributed by atoms with Crippen molar-refractivity contribution in [2.24, 2.45) is 5.92 Å². The van der Waals surface area contributed by atoms with Gasteiger partial charge in [-0.3, -0.25) is 4.79 Å². The summed E-state index contributed by atoms with van der Waals surface area (Å²) in [5.74, 6) is 1.79. The molecule has 19 heavy (non-hydrogen) atoms. The van der Waals surface area contributed by atoms with Gasteiger partial charge < -0.3 is 5.32 Å². The predicted octanol–water partition coefficient (Wildman–Crippen LogP) is 3.93. The van der Waals surface area contributed by atoms with Gasteiger partial charge in [0.05, 0.1) is 0 Å². The number of alkyl halides is 1. The molecule has 1 aromatic rings. The Labute approximate surface area is 130 Å². The lowest BCUT2D eigenvalue weighted by molar-refractivity contribution is -0.116. The highest BCUT2D eigenvalue weighted by molar-refractivity contribution is 9.09. The average molecular weight is 364 g/mol. The van der Waals surface area contributed by atoms with Crippen molar-refractivity contribution in [1.82, 2.24) is 10.2 Å². The molecular formula is C12H18BrN3OS2. The van der Waals surface area contributed by atoms with Crippen molar-refractivity contribution in [1.29, 1.82) is 0 Å². The zero-order chi connectivity index (χ0) is 13.5. The number of carbonyl (C=O) groups is 1. The molecule has 7 heteroatoms. The third kappa shape index (κ3) is 5.39. The highest BCUT2D eigenvalue weighted by Crippen LogP contribution is 2.29. The zero-order valence-corrected chi connectivity index (χ0v) is 14.0. The fourth-order valence-electron chi connectivity index (χ4n) is 2.26. The standard InChI is InChI=1S/C12H18BrN3OS2/c13-7-8-18-12-16-15-11(19-12)14-10(17)6-5-9-3-1-2-4-9/h9H,1-8H2,(H,14,15,17). The van der Waals surface area contributed by atoms with Crippen molar-refractivity contribution in [3.63, 3.8) is 0 Å². The Morgan fingerprint density at radius 3 is 2.95 bits per heavy atom. The smallest absolute Gasteiger partial charge is 0.226 e. The first kappa shape index (κ1) is 15.3. The molecule has 2 rings (SSSR count). The maximum absolute atomic E-state index is 11.8. The molecule has 0 atom stereocenters. The van der Waals surface area contributed by atoms with Crippen LogP contribution < -0.4 is 5.32 Å². The fourth-order valence-corrected chi connectivity index (χ4v) is 4.31. The maximum atomic E-state index is 11.8. The molecule has 0 spiro atoms. The largest absolute Gasteiger partial charge is 0.301 e. The highest BCUT2D eigenvalue weighted by atomic mass is 79.9. The van der Waals surface area contributed by atoms with Crippen molar-refractivity contribution < 1.29 is 4.79 Å². The Kier molecular flexibility index (Phi) is 6.59. The summed E-state index contributed by atoms with van der Waals surface area (Å²) in [5.41, 5.74) is 0. The average Bonchev–Trinajstić information content (AvgIpc) is 3.05. The second kappa shape index (κ2) is 8.21. The van der Waals surface area contributed by atoms with E-state index in [1.54, 1.807) is 11.8 Å². The van der Waals surface area contributed by atoms with Crippen LogP contribution in [0.5, 0.6) is 0 Å². The number of nitrogens with zero attached hydrogens (tertiary/aromatic N) is 2. The fraction of sp³-hybridized carbons (Fsp3) is 0.750. The monoisotopic (exact) mass is 363 g/mol. The lowest BCUT2D eigenvalue weighted by atomic mass is 10.0. The molecule has 1 heterocycles. The van der Waals surface area contributed by atoms with Crippen LogP contribution in [-0.2, 0) is 4.79 Å². The molecule has 0 aliphatic heterocycles. The minimum absolute atomic E-state index is 0.0695. The van der Waals surface area contributed by atoms with Crippen LogP contribution in [0.1, 0.15) is 38.5 Å². The Balaban J connectivity index is 1.70. The van der Waals surface area contributed by atoms with E-state index < -0.39 is 0 Å². The molecular weight excluding hydrogens is 346 g/mol. The third-order valence-corrected chi connectivity index (χ3v) is 6.11. The van der Waals surface area contributed by atoms with Crippen molar-refractivity contribution >= 4 is 50.1 Å². The van der Waals surface area contributed by atoms with Gasteiger partial charge in [0.2, 0.25) is 11.0 Å². The van der Waals surface area contributed by atoms with E-state index >= 15 is 0 Å². The lowest BCUT2D eigenvalue weighted by Crippen LogP contribution is -2.12. The molecule has 1 aromatic heterocycles. The summed E-state index contributed by atoms with van der Waals surface area (Å²) in [5, 5.41) is 12.4. The summed E-state index contributed by atoms with van der Waals surface area (Å²) in [6.07, 6.45) is 6.86. The van der Waals surface area contributed by atoms with Crippen molar-refractivity contribution in [2.75, 3.05) is 16.4 Å². The van der Waals surface area contributed by atoms with E-state index in [-0.39, 0.29) is 5.91 Å². The van der Waals surface area contributed by atoms with Crippen LogP contribution >= 0.6 is 39.0 Å². The normalized spacial score (nSPS) is 15.8. The summed E-state index contributed by atoms with van der Waals surface area (Å²) in [6, 6.07) is 0. The van der Waals surface area contributed by atoms with E-state index in [2.05, 4.69) is 31.4 Å². The number of hydrogen-bond acceptors (Lipinski definition) is 5. The number of hydrogen-bond donors (Lipinski definition) is 1. The second-order valence-electron chi connectivity index (χ2n) is 4.65. The SMILES string of the molecule is O=C(CCC1CCCC1)Nc1nnc(SCCBr)s1. The molecule has 1 fully saturated rings. The van der Waals surface area contributed by atoms with Gasteiger partial charge in [0, 0.05) is 17.5 Å². The topological polar surface area (TPSA) is 54.9 Å². The molecule has 1 aliphatic carbocycles. The summed E-state index contributed by atoms with van der Waals surface area (Å²) < 4.78 is 0.908. The van der Waals surface area contributed by atoms with Gasteiger partial charge in [0.25, 0.3) is 0 Å². The van der Waals surface area contributed by atoms with Crippen LogP contribution in [0.2, 0.25) is 0 Å². The molecule has 0 saturated heterocycles. The number of anilines is 1. The first-order chi connectivity index (χ1) is 9.28. The minimum Gasteiger partial charge on any atom is -0.301 e. The molecule has 0 bridgehead atoms. The van der Waals surface area contributed by atoms with Crippen LogP contribution in [0, 0.1) is 5.92 Å². The second-order valence-corrected chi connectivity index (χ2v) is 7.76. The van der Waals surface area contributed by atoms with E-state index in [1.165, 1.54) is 37.0 Å². The van der Waals surface area contributed by atoms with Gasteiger partial charge in [-0.25, -0.2) is 0 Å². The molecule has 1 amide bonds. The number of halogens is 1. The molecule has 1 saturated carbocycles. The van der Waals surface area contributed by atoms with E-state index in [0.29, 0.717) is 11.6 Å². The van der Waals surface area contributed by atoms with Gasteiger partial charge in [-0.1, -0.05) is 64.7 Å². The van der Waals surface area contributed by atoms with Crippen LogP contribution in [0.3, 0.4) is 0 Å². The van der Waals surface area contributed by atoms with Crippen molar-refractivity contribution in [2.45, 2.75) is 42.9 Å². The molecule has 4 nitrogen and oxygen atoms in total. The quantitative estimate of drug-likeness (QED) is 0.452. The molecule has 0 radical (unpaired) electrons. The molecule has 106 valence electrons. The predicted molar refractivity (Wildman–Crippen MR) is 84.2 cm³/mol. The van der Waals surface area contributed by atoms with Gasteiger partial charge in [0.1, 0.15) is 0 Å². The van der Waals surface area contributed by atoms with Crippen LogP contribution in [-0.4, -0.2) is 27.2 Å². The summed E-state index contributed by atoms with van der Waals surface area (Å²) in [4.78, 5) is 11.8. The third-order valence-electron chi connectivity index (χ3n) is 3.21. The molecule has 1 aliphatic rings. The van der Waals surface area contributed by atoms with Crippen molar-refractivity contribution in [3.05, 3.63) is 0 Å². The van der Waals surface area contributed by atoms with E-state index in [1.807, 2.05) is 0 Å². The summed E-state index contributed by atoms with van der Waals surface area (Å²) >= 11 is 6.47. The number of aromatic nitrogens is 2. The number of thioether (sulfide) groups is 1. The first-order valence-electron chi connectivity index (χ1n) is 6.60. The molecule has 0 unspecified atom stereocenters. The number of carbonyl (C=O) groups excluding carboxylic acids is 1. The highest BCUT2D eigenvalue weighted by Gasteiger charge is 2.16. The summed E-state index contributed by atoms with van der Waals surface area (Å²) in [6.45, 7) is 0. The lowest BCUT2D eigenvalue weighted by Gasteiger charge is -2.07. The number of amides is 1. The molecule has 1 N–H and O–H groups in total. The Morgan fingerprint density at radius 2 is 2.21 bits per heavy atom. The minimum atomic E-state index is 0.0695. The Bertz CT molecular complexity index is 407. The van der Waals surface area contributed by atoms with Gasteiger partial charge in [-0.15, -0.1) is 10.2 Å².